The second kappa shape index (κ2) is 8.88. The zero-order valence-corrected chi connectivity index (χ0v) is 20.1. The first-order valence-corrected chi connectivity index (χ1v) is 12.2. The summed E-state index contributed by atoms with van der Waals surface area (Å²) in [6.45, 7) is 1.77. The fourth-order valence-electron chi connectivity index (χ4n) is 5.07. The summed E-state index contributed by atoms with van der Waals surface area (Å²) in [6.07, 6.45) is 1.27. The minimum absolute atomic E-state index is 0.0173. The molecule has 2 aromatic heterocycles. The number of primary amides is 1. The average molecular weight is 517 g/mol. The summed E-state index contributed by atoms with van der Waals surface area (Å²) in [7, 11) is 0. The van der Waals surface area contributed by atoms with Crippen molar-refractivity contribution in [2.45, 2.75) is 50.9 Å². The van der Waals surface area contributed by atoms with Crippen LogP contribution in [0.4, 0.5) is 13.2 Å². The molecule has 0 atom stereocenters. The van der Waals surface area contributed by atoms with Crippen molar-refractivity contribution in [3.05, 3.63) is 64.4 Å². The van der Waals surface area contributed by atoms with Gasteiger partial charge in [-0.3, -0.25) is 9.59 Å². The van der Waals surface area contributed by atoms with Crippen LogP contribution in [0, 0.1) is 12.3 Å². The van der Waals surface area contributed by atoms with E-state index in [1.807, 2.05) is 0 Å². The van der Waals surface area contributed by atoms with Gasteiger partial charge in [0.2, 0.25) is 5.88 Å². The summed E-state index contributed by atoms with van der Waals surface area (Å²) in [6, 6.07) is 6.45. The summed E-state index contributed by atoms with van der Waals surface area (Å²) in [5.41, 5.74) is 5.02. The lowest BCUT2D eigenvalue weighted by Crippen LogP contribution is -2.58. The minimum Gasteiger partial charge on any atom is -0.474 e. The van der Waals surface area contributed by atoms with E-state index in [4.69, 9.17) is 10.5 Å². The highest BCUT2D eigenvalue weighted by Gasteiger charge is 2.54. The Balaban J connectivity index is 1.21. The molecule has 0 aliphatic heterocycles. The van der Waals surface area contributed by atoms with Crippen molar-refractivity contribution in [1.29, 1.82) is 0 Å². The molecule has 2 aliphatic carbocycles. The highest BCUT2D eigenvalue weighted by atomic mass is 32.1. The van der Waals surface area contributed by atoms with Crippen molar-refractivity contribution in [1.82, 2.24) is 15.3 Å². The number of nitrogens with one attached hydrogen (secondary N) is 1. The number of hydrogen-bond donors (Lipinski definition) is 2. The number of carbonyl (C=O) groups excluding carboxylic acids is 2. The van der Waals surface area contributed by atoms with E-state index >= 15 is 0 Å². The van der Waals surface area contributed by atoms with Crippen molar-refractivity contribution in [3.8, 4) is 16.3 Å². The molecule has 2 heterocycles. The number of hydrogen-bond acceptors (Lipinski definition) is 6. The normalized spacial score (nSPS) is 23.0. The fourth-order valence-corrected chi connectivity index (χ4v) is 5.83. The van der Waals surface area contributed by atoms with Crippen molar-refractivity contribution in [3.63, 3.8) is 0 Å². The summed E-state index contributed by atoms with van der Waals surface area (Å²) in [4.78, 5) is 33.2. The molecule has 0 radical (unpaired) electrons. The molecule has 0 unspecified atom stereocenters. The van der Waals surface area contributed by atoms with Crippen LogP contribution in [0.2, 0.25) is 0 Å². The largest absolute Gasteiger partial charge is 0.474 e. The molecular formula is C25H23F3N4O3S. The number of aryl methyl sites for hydroxylation is 1. The van der Waals surface area contributed by atoms with E-state index in [9.17, 15) is 22.8 Å². The van der Waals surface area contributed by atoms with Crippen molar-refractivity contribution >= 4 is 23.2 Å². The van der Waals surface area contributed by atoms with Crippen LogP contribution in [0.15, 0.2) is 42.7 Å². The number of ether oxygens (including phenoxy) is 1. The molecule has 11 heteroatoms. The molecule has 1 aromatic carbocycles. The number of nitrogens with zero attached hydrogens (tertiary/aromatic N) is 2. The van der Waals surface area contributed by atoms with Crippen LogP contribution in [0.25, 0.3) is 10.4 Å². The molecule has 7 nitrogen and oxygen atoms in total. The van der Waals surface area contributed by atoms with Crippen LogP contribution in [-0.4, -0.2) is 33.9 Å². The number of nitrogens with two attached hydrogens (primary N) is 1. The van der Waals surface area contributed by atoms with E-state index in [1.165, 1.54) is 29.8 Å². The highest BCUT2D eigenvalue weighted by Crippen LogP contribution is 2.56. The molecule has 36 heavy (non-hydrogen) atoms. The van der Waals surface area contributed by atoms with E-state index < -0.39 is 23.6 Å². The Morgan fingerprint density at radius 2 is 1.92 bits per heavy atom. The van der Waals surface area contributed by atoms with E-state index in [0.717, 1.165) is 30.0 Å². The van der Waals surface area contributed by atoms with Gasteiger partial charge in [-0.05, 0) is 73.9 Å². The average Bonchev–Trinajstić information content (AvgIpc) is 3.21. The standard InChI is InChI=1S/C25H23F3N4O3S/c1-13-31-12-20(36-13)14-5-15(7-16(6-14)25(26,27)28)22(34)32-17-8-24(9-17)10-18(11-24)35-23-19(21(29)33)3-2-4-30-23/h2-7,12,17-18H,8-11H2,1H3,(H2,29,33)(H,32,34). The van der Waals surface area contributed by atoms with Crippen LogP contribution < -0.4 is 15.8 Å². The minimum atomic E-state index is -4.58. The van der Waals surface area contributed by atoms with Crippen molar-refractivity contribution < 1.29 is 27.5 Å². The molecule has 188 valence electrons. The number of benzene rings is 1. The number of alkyl halides is 3. The molecule has 2 amide bonds. The molecule has 2 saturated carbocycles. The molecule has 5 rings (SSSR count). The van der Waals surface area contributed by atoms with Gasteiger partial charge in [-0.15, -0.1) is 11.3 Å². The summed E-state index contributed by atoms with van der Waals surface area (Å²) >= 11 is 1.27. The van der Waals surface area contributed by atoms with E-state index in [1.54, 1.807) is 19.1 Å². The zero-order valence-electron chi connectivity index (χ0n) is 19.3. The first kappa shape index (κ1) is 24.2. The quantitative estimate of drug-likeness (QED) is 0.492. The predicted molar refractivity (Wildman–Crippen MR) is 127 cm³/mol. The molecule has 0 saturated heterocycles. The van der Waals surface area contributed by atoms with Gasteiger partial charge in [-0.2, -0.15) is 13.2 Å². The van der Waals surface area contributed by atoms with Gasteiger partial charge in [0.25, 0.3) is 11.8 Å². The Kier molecular flexibility index (Phi) is 5.98. The number of pyridine rings is 1. The van der Waals surface area contributed by atoms with E-state index in [0.29, 0.717) is 23.3 Å². The Labute approximate surface area is 208 Å². The van der Waals surface area contributed by atoms with Crippen LogP contribution in [0.1, 0.15) is 57.0 Å². The first-order valence-electron chi connectivity index (χ1n) is 11.4. The van der Waals surface area contributed by atoms with Gasteiger partial charge in [0.1, 0.15) is 11.7 Å². The Morgan fingerprint density at radius 1 is 1.17 bits per heavy atom. The highest BCUT2D eigenvalue weighted by molar-refractivity contribution is 7.15. The SMILES string of the molecule is Cc1ncc(-c2cc(C(=O)NC3CC4(C3)CC(Oc3ncccc3C(N)=O)C4)cc(C(F)(F)F)c2)s1. The molecule has 1 spiro atoms. The number of carbonyl (C=O) groups is 2. The maximum absolute atomic E-state index is 13.5. The molecule has 3 aromatic rings. The number of aromatic nitrogens is 2. The third-order valence-corrected chi connectivity index (χ3v) is 7.72. The van der Waals surface area contributed by atoms with Crippen LogP contribution in [0.5, 0.6) is 5.88 Å². The number of thiazole rings is 1. The van der Waals surface area contributed by atoms with Gasteiger partial charge >= 0.3 is 6.18 Å². The summed E-state index contributed by atoms with van der Waals surface area (Å²) in [5.74, 6) is -0.928. The molecule has 2 aliphatic rings. The van der Waals surface area contributed by atoms with E-state index in [2.05, 4.69) is 15.3 Å². The Hall–Kier alpha value is -3.47. The molecule has 0 bridgehead atoms. The third kappa shape index (κ3) is 4.79. The topological polar surface area (TPSA) is 107 Å². The molecule has 3 N–H and O–H groups in total. The number of halogens is 3. The maximum Gasteiger partial charge on any atom is 0.416 e. The third-order valence-electron chi connectivity index (χ3n) is 6.76. The fraction of sp³-hybridized carbons (Fsp3) is 0.360. The second-order valence-electron chi connectivity index (χ2n) is 9.49. The molecular weight excluding hydrogens is 493 g/mol. The molecule has 2 fully saturated rings. The lowest BCUT2D eigenvalue weighted by molar-refractivity contribution is -0.137. The van der Waals surface area contributed by atoms with Gasteiger partial charge < -0.3 is 15.8 Å². The van der Waals surface area contributed by atoms with Gasteiger partial charge in [0, 0.05) is 24.0 Å². The second-order valence-corrected chi connectivity index (χ2v) is 10.7. The maximum atomic E-state index is 13.5. The van der Waals surface area contributed by atoms with Crippen LogP contribution >= 0.6 is 11.3 Å². The van der Waals surface area contributed by atoms with E-state index in [-0.39, 0.29) is 34.6 Å². The Morgan fingerprint density at radius 3 is 2.56 bits per heavy atom. The van der Waals surface area contributed by atoms with Gasteiger partial charge in [-0.25, -0.2) is 9.97 Å². The van der Waals surface area contributed by atoms with Gasteiger partial charge in [0.05, 0.1) is 15.4 Å². The van der Waals surface area contributed by atoms with Crippen LogP contribution in [-0.2, 0) is 6.18 Å². The summed E-state index contributed by atoms with van der Waals surface area (Å²) in [5, 5.41) is 3.60. The lowest BCUT2D eigenvalue weighted by Gasteiger charge is -2.57. The summed E-state index contributed by atoms with van der Waals surface area (Å²) < 4.78 is 46.4. The van der Waals surface area contributed by atoms with Crippen molar-refractivity contribution in [2.24, 2.45) is 11.1 Å². The van der Waals surface area contributed by atoms with Crippen LogP contribution in [0.3, 0.4) is 0 Å². The predicted octanol–water partition coefficient (Wildman–Crippen LogP) is 4.75. The van der Waals surface area contributed by atoms with Crippen molar-refractivity contribution in [2.75, 3.05) is 0 Å². The smallest absolute Gasteiger partial charge is 0.416 e. The number of rotatable bonds is 6. The lowest BCUT2D eigenvalue weighted by atomic mass is 9.53. The van der Waals surface area contributed by atoms with Gasteiger partial charge in [-0.1, -0.05) is 0 Å². The Bertz CT molecular complexity index is 1330. The first-order chi connectivity index (χ1) is 17.0. The zero-order chi connectivity index (χ0) is 25.7. The van der Waals surface area contributed by atoms with Gasteiger partial charge in [0.15, 0.2) is 0 Å². The monoisotopic (exact) mass is 516 g/mol. The number of amides is 2.